The van der Waals surface area contributed by atoms with Gasteiger partial charge in [-0.05, 0) is 45.6 Å². The molecule has 1 aliphatic heterocycles. The number of hydrogen-bond donors (Lipinski definition) is 1. The summed E-state index contributed by atoms with van der Waals surface area (Å²) in [4.78, 5) is 13.1. The van der Waals surface area contributed by atoms with Crippen LogP contribution in [0.15, 0.2) is 0 Å². The Morgan fingerprint density at radius 1 is 1.35 bits per heavy atom. The van der Waals surface area contributed by atoms with Crippen molar-refractivity contribution in [2.45, 2.75) is 50.6 Å². The van der Waals surface area contributed by atoms with Crippen molar-refractivity contribution in [3.05, 3.63) is 0 Å². The molecule has 2 rings (SSSR count). The van der Waals surface area contributed by atoms with Gasteiger partial charge in [0.05, 0.1) is 18.8 Å². The maximum Gasteiger partial charge on any atom is 0.303 e. The molecule has 0 spiro atoms. The van der Waals surface area contributed by atoms with Gasteiger partial charge in [0.1, 0.15) is 0 Å². The standard InChI is InChI=1S/C13H23NO3/c1-13(8-17-9-13)14(2)11-5-3-10(4-6-11)7-12(15)16/h10-11H,3-9H2,1-2H3,(H,15,16). The second-order valence-electron chi connectivity index (χ2n) is 5.87. The molecule has 2 aliphatic rings. The van der Waals surface area contributed by atoms with Gasteiger partial charge < -0.3 is 9.84 Å². The van der Waals surface area contributed by atoms with E-state index in [1.807, 2.05) is 0 Å². The minimum Gasteiger partial charge on any atom is -0.481 e. The fourth-order valence-corrected chi connectivity index (χ4v) is 3.03. The zero-order chi connectivity index (χ0) is 12.5. The van der Waals surface area contributed by atoms with Gasteiger partial charge in [0.15, 0.2) is 0 Å². The maximum absolute atomic E-state index is 10.7. The van der Waals surface area contributed by atoms with E-state index in [1.165, 1.54) is 0 Å². The first-order valence-corrected chi connectivity index (χ1v) is 6.54. The van der Waals surface area contributed by atoms with Crippen LogP contribution in [0, 0.1) is 5.92 Å². The number of carboxylic acid groups (broad SMARTS) is 1. The van der Waals surface area contributed by atoms with Crippen molar-refractivity contribution in [2.75, 3.05) is 20.3 Å². The molecule has 1 aliphatic carbocycles. The van der Waals surface area contributed by atoms with E-state index in [0.29, 0.717) is 18.4 Å². The first-order valence-electron chi connectivity index (χ1n) is 6.54. The number of hydrogen-bond acceptors (Lipinski definition) is 3. The molecule has 0 aromatic rings. The Balaban J connectivity index is 1.80. The molecule has 1 saturated carbocycles. The normalized spacial score (nSPS) is 32.2. The molecule has 2 fully saturated rings. The van der Waals surface area contributed by atoms with Crippen LogP contribution in [0.3, 0.4) is 0 Å². The molecule has 0 unspecified atom stereocenters. The molecule has 4 nitrogen and oxygen atoms in total. The Labute approximate surface area is 103 Å². The van der Waals surface area contributed by atoms with Crippen LogP contribution < -0.4 is 0 Å². The quantitative estimate of drug-likeness (QED) is 0.814. The zero-order valence-electron chi connectivity index (χ0n) is 10.8. The van der Waals surface area contributed by atoms with Crippen LogP contribution in [0.2, 0.25) is 0 Å². The van der Waals surface area contributed by atoms with Crippen LogP contribution in [0.4, 0.5) is 0 Å². The van der Waals surface area contributed by atoms with Crippen LogP contribution in [0.25, 0.3) is 0 Å². The highest BCUT2D eigenvalue weighted by atomic mass is 16.5. The molecule has 0 aromatic carbocycles. The Hall–Kier alpha value is -0.610. The highest BCUT2D eigenvalue weighted by Gasteiger charge is 2.41. The largest absolute Gasteiger partial charge is 0.481 e. The fraction of sp³-hybridized carbons (Fsp3) is 0.923. The lowest BCUT2D eigenvalue weighted by Crippen LogP contribution is -2.61. The van der Waals surface area contributed by atoms with Crippen molar-refractivity contribution in [3.8, 4) is 0 Å². The average molecular weight is 241 g/mol. The van der Waals surface area contributed by atoms with Gasteiger partial charge in [0.2, 0.25) is 0 Å². The fourth-order valence-electron chi connectivity index (χ4n) is 3.03. The van der Waals surface area contributed by atoms with Gasteiger partial charge in [-0.3, -0.25) is 9.69 Å². The molecular formula is C13H23NO3. The van der Waals surface area contributed by atoms with E-state index in [2.05, 4.69) is 18.9 Å². The molecule has 4 heteroatoms. The molecule has 98 valence electrons. The number of carbonyl (C=O) groups is 1. The number of ether oxygens (including phenoxy) is 1. The summed E-state index contributed by atoms with van der Waals surface area (Å²) >= 11 is 0. The monoisotopic (exact) mass is 241 g/mol. The van der Waals surface area contributed by atoms with Gasteiger partial charge in [-0.25, -0.2) is 0 Å². The van der Waals surface area contributed by atoms with Gasteiger partial charge >= 0.3 is 5.97 Å². The van der Waals surface area contributed by atoms with Crippen LogP contribution in [0.1, 0.15) is 39.0 Å². The van der Waals surface area contributed by atoms with E-state index < -0.39 is 5.97 Å². The average Bonchev–Trinajstić information content (AvgIpc) is 2.25. The van der Waals surface area contributed by atoms with Crippen LogP contribution >= 0.6 is 0 Å². The Morgan fingerprint density at radius 2 is 1.94 bits per heavy atom. The van der Waals surface area contributed by atoms with Gasteiger partial charge in [0.25, 0.3) is 0 Å². The number of nitrogens with zero attached hydrogens (tertiary/aromatic N) is 1. The Bertz CT molecular complexity index is 280. The third-order valence-electron chi connectivity index (χ3n) is 4.50. The van der Waals surface area contributed by atoms with Crippen molar-refractivity contribution in [1.29, 1.82) is 0 Å². The lowest BCUT2D eigenvalue weighted by atomic mass is 9.82. The van der Waals surface area contributed by atoms with E-state index >= 15 is 0 Å². The summed E-state index contributed by atoms with van der Waals surface area (Å²) in [5.41, 5.74) is 0.213. The van der Waals surface area contributed by atoms with Crippen molar-refractivity contribution >= 4 is 5.97 Å². The van der Waals surface area contributed by atoms with Gasteiger partial charge in [-0.2, -0.15) is 0 Å². The first kappa shape index (κ1) is 12.8. The molecule has 1 saturated heterocycles. The molecule has 0 bridgehead atoms. The molecule has 0 aromatic heterocycles. The van der Waals surface area contributed by atoms with E-state index in [9.17, 15) is 4.79 Å². The Kier molecular flexibility index (Phi) is 3.73. The summed E-state index contributed by atoms with van der Waals surface area (Å²) in [5.74, 6) is -0.260. The minimum atomic E-state index is -0.652. The molecule has 1 N–H and O–H groups in total. The molecule has 0 radical (unpaired) electrons. The lowest BCUT2D eigenvalue weighted by molar-refractivity contribution is -0.142. The second kappa shape index (κ2) is 4.94. The SMILES string of the molecule is CN(C1CCC(CC(=O)O)CC1)C1(C)COC1. The van der Waals surface area contributed by atoms with Crippen LogP contribution in [-0.2, 0) is 9.53 Å². The van der Waals surface area contributed by atoms with Crippen molar-refractivity contribution in [1.82, 2.24) is 4.90 Å². The highest BCUT2D eigenvalue weighted by Crippen LogP contribution is 2.34. The number of carboxylic acids is 1. The van der Waals surface area contributed by atoms with Crippen LogP contribution in [-0.4, -0.2) is 47.8 Å². The van der Waals surface area contributed by atoms with E-state index in [0.717, 1.165) is 38.9 Å². The third-order valence-corrected chi connectivity index (χ3v) is 4.50. The Morgan fingerprint density at radius 3 is 2.35 bits per heavy atom. The van der Waals surface area contributed by atoms with Crippen molar-refractivity contribution in [3.63, 3.8) is 0 Å². The molecule has 0 atom stereocenters. The summed E-state index contributed by atoms with van der Waals surface area (Å²) < 4.78 is 5.30. The minimum absolute atomic E-state index is 0.213. The van der Waals surface area contributed by atoms with E-state index in [-0.39, 0.29) is 5.54 Å². The predicted octanol–water partition coefficient (Wildman–Crippen LogP) is 1.74. The first-order chi connectivity index (χ1) is 8.01. The summed E-state index contributed by atoms with van der Waals surface area (Å²) in [6.07, 6.45) is 4.71. The molecule has 17 heavy (non-hydrogen) atoms. The summed E-state index contributed by atoms with van der Waals surface area (Å²) in [5, 5.41) is 8.79. The predicted molar refractivity (Wildman–Crippen MR) is 65.0 cm³/mol. The summed E-state index contributed by atoms with van der Waals surface area (Å²) in [7, 11) is 2.19. The smallest absolute Gasteiger partial charge is 0.303 e. The number of rotatable bonds is 4. The zero-order valence-corrected chi connectivity index (χ0v) is 10.8. The summed E-state index contributed by atoms with van der Waals surface area (Å²) in [6.45, 7) is 3.91. The topological polar surface area (TPSA) is 49.8 Å². The second-order valence-corrected chi connectivity index (χ2v) is 5.87. The van der Waals surface area contributed by atoms with Gasteiger partial charge in [-0.1, -0.05) is 0 Å². The molecule has 1 heterocycles. The van der Waals surface area contributed by atoms with Crippen LogP contribution in [0.5, 0.6) is 0 Å². The van der Waals surface area contributed by atoms with Gasteiger partial charge in [-0.15, -0.1) is 0 Å². The maximum atomic E-state index is 10.7. The highest BCUT2D eigenvalue weighted by molar-refractivity contribution is 5.67. The van der Waals surface area contributed by atoms with E-state index in [1.54, 1.807) is 0 Å². The third kappa shape index (κ3) is 2.80. The van der Waals surface area contributed by atoms with Gasteiger partial charge in [0, 0.05) is 12.5 Å². The van der Waals surface area contributed by atoms with Crippen molar-refractivity contribution in [2.24, 2.45) is 5.92 Å². The molecular weight excluding hydrogens is 218 g/mol. The number of aliphatic carboxylic acids is 1. The lowest BCUT2D eigenvalue weighted by Gasteiger charge is -2.50. The molecule has 0 amide bonds. The van der Waals surface area contributed by atoms with E-state index in [4.69, 9.17) is 9.84 Å². The number of likely N-dealkylation sites (N-methyl/N-ethyl adjacent to an activating group) is 1. The summed E-state index contributed by atoms with van der Waals surface area (Å²) in [6, 6.07) is 0.606. The van der Waals surface area contributed by atoms with Crippen molar-refractivity contribution < 1.29 is 14.6 Å².